The Hall–Kier alpha value is -1.36. The summed E-state index contributed by atoms with van der Waals surface area (Å²) in [6.07, 6.45) is 1.57. The molecule has 102 valence electrons. The first-order chi connectivity index (χ1) is 9.11. The average Bonchev–Trinajstić information content (AvgIpc) is 2.85. The van der Waals surface area contributed by atoms with Crippen LogP contribution in [0.3, 0.4) is 0 Å². The van der Waals surface area contributed by atoms with Crippen molar-refractivity contribution in [2.24, 2.45) is 0 Å². The van der Waals surface area contributed by atoms with E-state index in [0.717, 1.165) is 22.5 Å². The molecule has 19 heavy (non-hydrogen) atoms. The molecule has 0 radical (unpaired) electrons. The van der Waals surface area contributed by atoms with Gasteiger partial charge in [-0.1, -0.05) is 33.6 Å². The molecule has 0 bridgehead atoms. The van der Waals surface area contributed by atoms with Gasteiger partial charge in [0.2, 0.25) is 0 Å². The molecule has 0 aliphatic rings. The van der Waals surface area contributed by atoms with E-state index in [1.807, 2.05) is 10.7 Å². The molecule has 2 rings (SSSR count). The molecule has 0 saturated heterocycles. The van der Waals surface area contributed by atoms with Crippen LogP contribution in [0, 0.1) is 6.92 Å². The standard InChI is InChI=1S/C14H18BrN3O/c1-10(2)18-14(16-9-17-18)8-19-13-5-4-11(3)6-12(13)7-15/h4-6,9-10H,7-8H2,1-3H3. The van der Waals surface area contributed by atoms with Crippen LogP contribution in [0.1, 0.15) is 36.8 Å². The molecule has 0 spiro atoms. The normalized spacial score (nSPS) is 11.0. The zero-order valence-corrected chi connectivity index (χ0v) is 13.0. The molecule has 0 atom stereocenters. The van der Waals surface area contributed by atoms with Gasteiger partial charge in [-0.2, -0.15) is 5.10 Å². The third kappa shape index (κ3) is 3.35. The number of alkyl halides is 1. The fourth-order valence-electron chi connectivity index (χ4n) is 1.90. The summed E-state index contributed by atoms with van der Waals surface area (Å²) in [5.74, 6) is 1.73. The number of hydrogen-bond donors (Lipinski definition) is 0. The maximum Gasteiger partial charge on any atom is 0.165 e. The number of ether oxygens (including phenoxy) is 1. The van der Waals surface area contributed by atoms with Gasteiger partial charge in [0.1, 0.15) is 18.7 Å². The van der Waals surface area contributed by atoms with Crippen molar-refractivity contribution in [2.75, 3.05) is 0 Å². The van der Waals surface area contributed by atoms with E-state index in [1.54, 1.807) is 6.33 Å². The van der Waals surface area contributed by atoms with Crippen molar-refractivity contribution in [3.63, 3.8) is 0 Å². The summed E-state index contributed by atoms with van der Waals surface area (Å²) < 4.78 is 7.74. The highest BCUT2D eigenvalue weighted by Crippen LogP contribution is 2.23. The maximum absolute atomic E-state index is 5.86. The Morgan fingerprint density at radius 3 is 2.84 bits per heavy atom. The van der Waals surface area contributed by atoms with Crippen LogP contribution in [0.5, 0.6) is 5.75 Å². The minimum absolute atomic E-state index is 0.287. The highest BCUT2D eigenvalue weighted by Gasteiger charge is 2.09. The summed E-state index contributed by atoms with van der Waals surface area (Å²) in [5, 5.41) is 4.98. The first-order valence-electron chi connectivity index (χ1n) is 6.28. The highest BCUT2D eigenvalue weighted by molar-refractivity contribution is 9.08. The van der Waals surface area contributed by atoms with Crippen LogP contribution in [0.15, 0.2) is 24.5 Å². The van der Waals surface area contributed by atoms with Crippen LogP contribution in [0.2, 0.25) is 0 Å². The second-order valence-corrected chi connectivity index (χ2v) is 5.31. The van der Waals surface area contributed by atoms with Crippen molar-refractivity contribution < 1.29 is 4.74 Å². The third-order valence-corrected chi connectivity index (χ3v) is 3.46. The fourth-order valence-corrected chi connectivity index (χ4v) is 2.34. The van der Waals surface area contributed by atoms with Crippen LogP contribution in [0.4, 0.5) is 0 Å². The van der Waals surface area contributed by atoms with Crippen molar-refractivity contribution >= 4 is 15.9 Å². The summed E-state index contributed by atoms with van der Waals surface area (Å²) in [6.45, 7) is 6.66. The zero-order chi connectivity index (χ0) is 13.8. The van der Waals surface area contributed by atoms with Crippen molar-refractivity contribution in [1.29, 1.82) is 0 Å². The van der Waals surface area contributed by atoms with Gasteiger partial charge < -0.3 is 4.74 Å². The lowest BCUT2D eigenvalue weighted by atomic mass is 10.1. The Morgan fingerprint density at radius 1 is 1.37 bits per heavy atom. The van der Waals surface area contributed by atoms with Crippen LogP contribution in [-0.2, 0) is 11.9 Å². The molecule has 0 unspecified atom stereocenters. The van der Waals surface area contributed by atoms with E-state index in [1.165, 1.54) is 5.56 Å². The second-order valence-electron chi connectivity index (χ2n) is 4.75. The van der Waals surface area contributed by atoms with Crippen molar-refractivity contribution in [3.05, 3.63) is 41.5 Å². The molecule has 0 aliphatic heterocycles. The number of aromatic nitrogens is 3. The quantitative estimate of drug-likeness (QED) is 0.788. The largest absolute Gasteiger partial charge is 0.485 e. The van der Waals surface area contributed by atoms with E-state index in [2.05, 4.69) is 58.9 Å². The van der Waals surface area contributed by atoms with E-state index >= 15 is 0 Å². The van der Waals surface area contributed by atoms with Gasteiger partial charge in [0, 0.05) is 16.9 Å². The molecule has 5 heteroatoms. The molecule has 1 aromatic carbocycles. The molecule has 0 aliphatic carbocycles. The van der Waals surface area contributed by atoms with Gasteiger partial charge in [0.05, 0.1) is 0 Å². The van der Waals surface area contributed by atoms with Crippen molar-refractivity contribution in [3.8, 4) is 5.75 Å². The van der Waals surface area contributed by atoms with Crippen LogP contribution < -0.4 is 4.74 Å². The summed E-state index contributed by atoms with van der Waals surface area (Å²) in [4.78, 5) is 4.24. The lowest BCUT2D eigenvalue weighted by molar-refractivity contribution is 0.280. The van der Waals surface area contributed by atoms with Gasteiger partial charge in [0.15, 0.2) is 5.82 Å². The molecule has 1 heterocycles. The van der Waals surface area contributed by atoms with Gasteiger partial charge in [-0.3, -0.25) is 0 Å². The SMILES string of the molecule is Cc1ccc(OCc2ncnn2C(C)C)c(CBr)c1. The Bertz CT molecular complexity index is 551. The summed E-state index contributed by atoms with van der Waals surface area (Å²) in [5.41, 5.74) is 2.38. The van der Waals surface area contributed by atoms with E-state index in [9.17, 15) is 0 Å². The molecule has 0 saturated carbocycles. The number of halogens is 1. The topological polar surface area (TPSA) is 39.9 Å². The lowest BCUT2D eigenvalue weighted by Crippen LogP contribution is -2.11. The van der Waals surface area contributed by atoms with Crippen molar-refractivity contribution in [1.82, 2.24) is 14.8 Å². The number of nitrogens with zero attached hydrogens (tertiary/aromatic N) is 3. The Kier molecular flexibility index (Phi) is 4.58. The van der Waals surface area contributed by atoms with E-state index in [-0.39, 0.29) is 6.04 Å². The van der Waals surface area contributed by atoms with Crippen molar-refractivity contribution in [2.45, 2.75) is 38.8 Å². The van der Waals surface area contributed by atoms with Gasteiger partial charge in [-0.15, -0.1) is 0 Å². The van der Waals surface area contributed by atoms with E-state index in [4.69, 9.17) is 4.74 Å². The monoisotopic (exact) mass is 323 g/mol. The predicted molar refractivity (Wildman–Crippen MR) is 78.5 cm³/mol. The zero-order valence-electron chi connectivity index (χ0n) is 11.4. The highest BCUT2D eigenvalue weighted by atomic mass is 79.9. The molecular weight excluding hydrogens is 306 g/mol. The number of aryl methyl sites for hydroxylation is 1. The molecule has 4 nitrogen and oxygen atoms in total. The third-order valence-electron chi connectivity index (χ3n) is 2.85. The number of hydrogen-bond acceptors (Lipinski definition) is 3. The van der Waals surface area contributed by atoms with Crippen LogP contribution in [0.25, 0.3) is 0 Å². The minimum atomic E-state index is 0.287. The molecular formula is C14H18BrN3O. The fraction of sp³-hybridized carbons (Fsp3) is 0.429. The summed E-state index contributed by atoms with van der Waals surface area (Å²) in [7, 11) is 0. The van der Waals surface area contributed by atoms with Crippen LogP contribution >= 0.6 is 15.9 Å². The number of rotatable bonds is 5. The molecule has 0 fully saturated rings. The van der Waals surface area contributed by atoms with Gasteiger partial charge in [-0.05, 0) is 26.8 Å². The van der Waals surface area contributed by atoms with Crippen LogP contribution in [-0.4, -0.2) is 14.8 Å². The average molecular weight is 324 g/mol. The number of benzene rings is 1. The molecule has 0 N–H and O–H groups in total. The first kappa shape index (κ1) is 14.1. The Morgan fingerprint density at radius 2 is 2.16 bits per heavy atom. The molecule has 0 amide bonds. The smallest absolute Gasteiger partial charge is 0.165 e. The van der Waals surface area contributed by atoms with E-state index < -0.39 is 0 Å². The Balaban J connectivity index is 2.12. The van der Waals surface area contributed by atoms with Gasteiger partial charge >= 0.3 is 0 Å². The van der Waals surface area contributed by atoms with Gasteiger partial charge in [-0.25, -0.2) is 9.67 Å². The summed E-state index contributed by atoms with van der Waals surface area (Å²) >= 11 is 3.49. The molecule has 2 aromatic rings. The van der Waals surface area contributed by atoms with E-state index in [0.29, 0.717) is 6.61 Å². The summed E-state index contributed by atoms with van der Waals surface area (Å²) in [6, 6.07) is 6.46. The maximum atomic E-state index is 5.86. The Labute approximate surface area is 121 Å². The second kappa shape index (κ2) is 6.19. The predicted octanol–water partition coefficient (Wildman–Crippen LogP) is 3.64. The van der Waals surface area contributed by atoms with Gasteiger partial charge in [0.25, 0.3) is 0 Å². The molecule has 1 aromatic heterocycles. The lowest BCUT2D eigenvalue weighted by Gasteiger charge is -2.12. The first-order valence-corrected chi connectivity index (χ1v) is 7.40. The minimum Gasteiger partial charge on any atom is -0.485 e.